The van der Waals surface area contributed by atoms with Gasteiger partial charge in [0.15, 0.2) is 11.5 Å². The van der Waals surface area contributed by atoms with Gasteiger partial charge in [-0.25, -0.2) is 0 Å². The second-order valence-corrected chi connectivity index (χ2v) is 8.28. The first-order chi connectivity index (χ1) is 14.6. The van der Waals surface area contributed by atoms with Crippen LogP contribution in [0.2, 0.25) is 0 Å². The van der Waals surface area contributed by atoms with Gasteiger partial charge in [-0.05, 0) is 47.6 Å². The molecule has 4 rings (SSSR count). The van der Waals surface area contributed by atoms with Gasteiger partial charge in [0.1, 0.15) is 5.75 Å². The van der Waals surface area contributed by atoms with E-state index in [0.29, 0.717) is 24.0 Å². The van der Waals surface area contributed by atoms with E-state index in [2.05, 4.69) is 28.4 Å². The predicted molar refractivity (Wildman–Crippen MR) is 120 cm³/mol. The van der Waals surface area contributed by atoms with Crippen LogP contribution in [0.15, 0.2) is 30.3 Å². The number of likely N-dealkylation sites (tertiary alicyclic amines) is 1. The van der Waals surface area contributed by atoms with E-state index in [0.717, 1.165) is 49.0 Å². The first kappa shape index (κ1) is 20.8. The molecule has 0 amide bonds. The lowest BCUT2D eigenvalue weighted by Gasteiger charge is -2.28. The minimum atomic E-state index is 0.630. The topological polar surface area (TPSA) is 69.0 Å². The quantitative estimate of drug-likeness (QED) is 0.514. The summed E-state index contributed by atoms with van der Waals surface area (Å²) >= 11 is 0. The Labute approximate surface area is 179 Å². The van der Waals surface area contributed by atoms with Crippen LogP contribution in [0, 0.1) is 5.92 Å². The van der Waals surface area contributed by atoms with Gasteiger partial charge in [0.25, 0.3) is 0 Å². The zero-order chi connectivity index (χ0) is 21.1. The molecule has 3 N–H and O–H groups in total. The van der Waals surface area contributed by atoms with E-state index < -0.39 is 0 Å². The number of anilines is 1. The number of benzene rings is 2. The SMILES string of the molecule is COc1cc(N)c(CNCCN2C[C@@H]3CCc4c(OC)cccc4[C@@H]3C2)cc1OC. The van der Waals surface area contributed by atoms with Crippen molar-refractivity contribution >= 4 is 5.69 Å². The highest BCUT2D eigenvalue weighted by molar-refractivity contribution is 5.58. The molecule has 6 nitrogen and oxygen atoms in total. The van der Waals surface area contributed by atoms with E-state index in [1.807, 2.05) is 12.1 Å². The van der Waals surface area contributed by atoms with Crippen molar-refractivity contribution in [1.29, 1.82) is 0 Å². The van der Waals surface area contributed by atoms with Gasteiger partial charge in [0, 0.05) is 50.4 Å². The van der Waals surface area contributed by atoms with E-state index in [4.69, 9.17) is 19.9 Å². The molecule has 162 valence electrons. The van der Waals surface area contributed by atoms with Crippen LogP contribution in [0.25, 0.3) is 0 Å². The Morgan fingerprint density at radius 1 is 1.03 bits per heavy atom. The highest BCUT2D eigenvalue weighted by Crippen LogP contribution is 2.43. The van der Waals surface area contributed by atoms with Crippen molar-refractivity contribution in [1.82, 2.24) is 10.2 Å². The Morgan fingerprint density at radius 3 is 2.57 bits per heavy atom. The summed E-state index contributed by atoms with van der Waals surface area (Å²) in [5.74, 6) is 3.81. The molecular formula is C24H33N3O3. The van der Waals surface area contributed by atoms with Crippen molar-refractivity contribution in [3.63, 3.8) is 0 Å². The summed E-state index contributed by atoms with van der Waals surface area (Å²) in [4.78, 5) is 2.59. The Kier molecular flexibility index (Phi) is 6.35. The van der Waals surface area contributed by atoms with E-state index in [9.17, 15) is 0 Å². The summed E-state index contributed by atoms with van der Waals surface area (Å²) in [6.45, 7) is 5.00. The molecule has 1 aliphatic carbocycles. The van der Waals surface area contributed by atoms with E-state index >= 15 is 0 Å². The number of fused-ring (bicyclic) bond motifs is 3. The molecule has 6 heteroatoms. The highest BCUT2D eigenvalue weighted by Gasteiger charge is 2.37. The van der Waals surface area contributed by atoms with Crippen LogP contribution in [0.4, 0.5) is 5.69 Å². The second-order valence-electron chi connectivity index (χ2n) is 8.28. The fourth-order valence-electron chi connectivity index (χ4n) is 5.06. The minimum absolute atomic E-state index is 0.630. The Hall–Kier alpha value is -2.44. The first-order valence-electron chi connectivity index (χ1n) is 10.7. The third-order valence-electron chi connectivity index (χ3n) is 6.64. The van der Waals surface area contributed by atoms with Gasteiger partial charge in [0.2, 0.25) is 0 Å². The second kappa shape index (κ2) is 9.14. The van der Waals surface area contributed by atoms with Crippen LogP contribution in [-0.4, -0.2) is 52.4 Å². The Morgan fingerprint density at radius 2 is 1.80 bits per heavy atom. The van der Waals surface area contributed by atoms with Crippen LogP contribution in [0.3, 0.4) is 0 Å². The molecule has 30 heavy (non-hydrogen) atoms. The van der Waals surface area contributed by atoms with Gasteiger partial charge in [-0.2, -0.15) is 0 Å². The average Bonchev–Trinajstić information content (AvgIpc) is 3.20. The van der Waals surface area contributed by atoms with Crippen LogP contribution in [-0.2, 0) is 13.0 Å². The van der Waals surface area contributed by atoms with Crippen molar-refractivity contribution < 1.29 is 14.2 Å². The molecule has 0 aromatic heterocycles. The molecule has 1 heterocycles. The van der Waals surface area contributed by atoms with Crippen LogP contribution in [0.1, 0.15) is 29.0 Å². The highest BCUT2D eigenvalue weighted by atomic mass is 16.5. The lowest BCUT2D eigenvalue weighted by molar-refractivity contribution is 0.318. The fraction of sp³-hybridized carbons (Fsp3) is 0.500. The predicted octanol–water partition coefficient (Wildman–Crippen LogP) is 3.05. The standard InChI is InChI=1S/C24H33N3O3/c1-28-22-6-4-5-18-19(22)8-7-16-14-27(15-20(16)18)10-9-26-13-17-11-23(29-2)24(30-3)12-21(17)25/h4-6,11-12,16,20,26H,7-10,13-15,25H2,1-3H3/t16-,20+/m0/s1. The first-order valence-corrected chi connectivity index (χ1v) is 10.7. The van der Waals surface area contributed by atoms with Crippen molar-refractivity contribution in [3.8, 4) is 17.2 Å². The number of nitrogens with zero attached hydrogens (tertiary/aromatic N) is 1. The number of methoxy groups -OCH3 is 3. The van der Waals surface area contributed by atoms with Gasteiger partial charge in [-0.3, -0.25) is 0 Å². The molecule has 0 spiro atoms. The maximum Gasteiger partial charge on any atom is 0.162 e. The molecule has 2 aromatic carbocycles. The normalized spacial score (nSPS) is 20.5. The minimum Gasteiger partial charge on any atom is -0.496 e. The number of nitrogen functional groups attached to an aromatic ring is 1. The van der Waals surface area contributed by atoms with Crippen LogP contribution >= 0.6 is 0 Å². The maximum atomic E-state index is 6.18. The Bertz CT molecular complexity index is 886. The van der Waals surface area contributed by atoms with Crippen molar-refractivity contribution in [3.05, 3.63) is 47.0 Å². The summed E-state index contributed by atoms with van der Waals surface area (Å²) < 4.78 is 16.3. The van der Waals surface area contributed by atoms with Gasteiger partial charge in [-0.15, -0.1) is 0 Å². The molecule has 2 aliphatic rings. The third kappa shape index (κ3) is 4.07. The lowest BCUT2D eigenvalue weighted by Crippen LogP contribution is -2.30. The molecule has 0 radical (unpaired) electrons. The molecule has 0 bridgehead atoms. The molecule has 0 unspecified atom stereocenters. The summed E-state index contributed by atoms with van der Waals surface area (Å²) in [6.07, 6.45) is 2.38. The fourth-order valence-corrected chi connectivity index (χ4v) is 5.06. The maximum absolute atomic E-state index is 6.18. The van der Waals surface area contributed by atoms with E-state index in [1.54, 1.807) is 21.3 Å². The average molecular weight is 412 g/mol. The van der Waals surface area contributed by atoms with E-state index in [-0.39, 0.29) is 0 Å². The molecule has 1 aliphatic heterocycles. The molecule has 2 aromatic rings. The number of rotatable bonds is 8. The summed E-state index contributed by atoms with van der Waals surface area (Å²) in [7, 11) is 5.04. The summed E-state index contributed by atoms with van der Waals surface area (Å²) in [5.41, 5.74) is 10.8. The number of hydrogen-bond donors (Lipinski definition) is 2. The van der Waals surface area contributed by atoms with Crippen LogP contribution < -0.4 is 25.3 Å². The van der Waals surface area contributed by atoms with Crippen molar-refractivity contribution in [2.75, 3.05) is 53.2 Å². The smallest absolute Gasteiger partial charge is 0.162 e. The zero-order valence-electron chi connectivity index (χ0n) is 18.2. The largest absolute Gasteiger partial charge is 0.496 e. The van der Waals surface area contributed by atoms with Gasteiger partial charge in [-0.1, -0.05) is 12.1 Å². The molecule has 1 fully saturated rings. The number of ether oxygens (including phenoxy) is 3. The summed E-state index contributed by atoms with van der Waals surface area (Å²) in [6, 6.07) is 10.3. The number of nitrogens with two attached hydrogens (primary N) is 1. The lowest BCUT2D eigenvalue weighted by atomic mass is 9.77. The Balaban J connectivity index is 1.31. The van der Waals surface area contributed by atoms with Gasteiger partial charge >= 0.3 is 0 Å². The zero-order valence-corrected chi connectivity index (χ0v) is 18.2. The number of nitrogens with one attached hydrogen (secondary N) is 1. The van der Waals surface area contributed by atoms with Crippen molar-refractivity contribution in [2.24, 2.45) is 5.92 Å². The third-order valence-corrected chi connectivity index (χ3v) is 6.64. The van der Waals surface area contributed by atoms with E-state index in [1.165, 1.54) is 24.1 Å². The van der Waals surface area contributed by atoms with Gasteiger partial charge in [0.05, 0.1) is 21.3 Å². The van der Waals surface area contributed by atoms with Gasteiger partial charge < -0.3 is 30.2 Å². The van der Waals surface area contributed by atoms with Crippen molar-refractivity contribution in [2.45, 2.75) is 25.3 Å². The number of hydrogen-bond acceptors (Lipinski definition) is 6. The monoisotopic (exact) mass is 411 g/mol. The molecule has 1 saturated heterocycles. The molecule has 2 atom stereocenters. The molecule has 0 saturated carbocycles. The molecular weight excluding hydrogens is 378 g/mol. The van der Waals surface area contributed by atoms with Crippen LogP contribution in [0.5, 0.6) is 17.2 Å². The summed E-state index contributed by atoms with van der Waals surface area (Å²) in [5, 5.41) is 3.54.